The minimum atomic E-state index is -0.451. The largest absolute Gasteiger partial charge is 0.481 e. The molecule has 3 rings (SSSR count). The van der Waals surface area contributed by atoms with Crippen molar-refractivity contribution in [1.82, 2.24) is 4.90 Å². The molecular formula is C24H26N2O5S2. The Labute approximate surface area is 201 Å². The predicted molar refractivity (Wildman–Crippen MR) is 131 cm³/mol. The van der Waals surface area contributed by atoms with Crippen molar-refractivity contribution in [1.29, 1.82) is 5.41 Å². The maximum absolute atomic E-state index is 13.0. The Bertz CT molecular complexity index is 1090. The Balaban J connectivity index is 1.71. The number of Topliss-reactive ketones (excluding diaryl/α,β-unsaturated/α-hetero) is 1. The summed E-state index contributed by atoms with van der Waals surface area (Å²) in [6.45, 7) is 4.10. The Morgan fingerprint density at radius 2 is 1.88 bits per heavy atom. The highest BCUT2D eigenvalue weighted by Gasteiger charge is 2.29. The van der Waals surface area contributed by atoms with Crippen molar-refractivity contribution in [2.45, 2.75) is 25.3 Å². The van der Waals surface area contributed by atoms with E-state index in [0.29, 0.717) is 28.5 Å². The van der Waals surface area contributed by atoms with Crippen LogP contribution in [0.25, 0.3) is 0 Å². The van der Waals surface area contributed by atoms with Gasteiger partial charge in [-0.1, -0.05) is 13.0 Å². The lowest BCUT2D eigenvalue weighted by atomic mass is 10.1. The van der Waals surface area contributed by atoms with Gasteiger partial charge in [0.05, 0.1) is 23.1 Å². The van der Waals surface area contributed by atoms with Gasteiger partial charge in [-0.3, -0.25) is 15.0 Å². The first-order chi connectivity index (χ1) is 15.9. The first-order valence-electron chi connectivity index (χ1n) is 10.5. The van der Waals surface area contributed by atoms with E-state index in [2.05, 4.69) is 0 Å². The van der Waals surface area contributed by atoms with Crippen molar-refractivity contribution in [2.75, 3.05) is 31.8 Å². The topological polar surface area (TPSA) is 96.8 Å². The second-order valence-corrected chi connectivity index (χ2v) is 9.30. The number of amides is 1. The monoisotopic (exact) mass is 486 g/mol. The van der Waals surface area contributed by atoms with Gasteiger partial charge in [0.25, 0.3) is 5.91 Å². The van der Waals surface area contributed by atoms with Crippen LogP contribution in [0.15, 0.2) is 41.3 Å². The molecule has 0 fully saturated rings. The van der Waals surface area contributed by atoms with Gasteiger partial charge in [0.2, 0.25) is 0 Å². The second-order valence-electron chi connectivity index (χ2n) is 7.18. The number of hydrogen-bond acceptors (Lipinski definition) is 8. The lowest BCUT2D eigenvalue weighted by Crippen LogP contribution is -2.30. The summed E-state index contributed by atoms with van der Waals surface area (Å²) in [5.41, 5.74) is 2.64. The summed E-state index contributed by atoms with van der Waals surface area (Å²) in [6.07, 6.45) is 1.84. The van der Waals surface area contributed by atoms with Crippen LogP contribution in [0, 0.1) is 5.41 Å². The number of thioether (sulfide) groups is 2. The first kappa shape index (κ1) is 24.9. The van der Waals surface area contributed by atoms with E-state index in [0.717, 1.165) is 21.8 Å². The van der Waals surface area contributed by atoms with Crippen molar-refractivity contribution < 1.29 is 23.9 Å². The molecule has 0 atom stereocenters. The lowest BCUT2D eigenvalue weighted by molar-refractivity contribution is -0.145. The summed E-state index contributed by atoms with van der Waals surface area (Å²) >= 11 is 2.85. The Hall–Kier alpha value is -2.78. The highest BCUT2D eigenvalue weighted by molar-refractivity contribution is 8.13. The van der Waals surface area contributed by atoms with Gasteiger partial charge in [0.1, 0.15) is 5.75 Å². The van der Waals surface area contributed by atoms with Crippen LogP contribution in [0.4, 0.5) is 0 Å². The maximum atomic E-state index is 13.0. The molecule has 7 nitrogen and oxygen atoms in total. The molecule has 1 N–H and O–H groups in total. The summed E-state index contributed by atoms with van der Waals surface area (Å²) in [6, 6.07) is 10.4. The van der Waals surface area contributed by atoms with Gasteiger partial charge in [0.15, 0.2) is 12.4 Å². The molecule has 1 amide bonds. The molecular weight excluding hydrogens is 460 g/mol. The predicted octanol–water partition coefficient (Wildman–Crippen LogP) is 4.27. The van der Waals surface area contributed by atoms with E-state index in [-0.39, 0.29) is 31.4 Å². The number of ether oxygens (including phenoxy) is 2. The van der Waals surface area contributed by atoms with E-state index >= 15 is 0 Å². The van der Waals surface area contributed by atoms with Crippen molar-refractivity contribution in [3.63, 3.8) is 0 Å². The van der Waals surface area contributed by atoms with Crippen LogP contribution in [0.5, 0.6) is 5.75 Å². The molecule has 0 aromatic heterocycles. The number of ketones is 1. The first-order valence-corrected chi connectivity index (χ1v) is 12.7. The molecule has 33 heavy (non-hydrogen) atoms. The Kier molecular flexibility index (Phi) is 8.57. The minimum absolute atomic E-state index is 0.0396. The molecule has 0 radical (unpaired) electrons. The summed E-state index contributed by atoms with van der Waals surface area (Å²) in [7, 11) is 0. The molecule has 9 heteroatoms. The molecule has 2 aromatic rings. The summed E-state index contributed by atoms with van der Waals surface area (Å²) < 4.78 is 10.5. The maximum Gasteiger partial charge on any atom is 0.344 e. The molecule has 0 saturated heterocycles. The zero-order chi connectivity index (χ0) is 24.0. The van der Waals surface area contributed by atoms with Crippen LogP contribution >= 0.6 is 23.5 Å². The van der Waals surface area contributed by atoms with Gasteiger partial charge in [-0.2, -0.15) is 0 Å². The van der Waals surface area contributed by atoms with Gasteiger partial charge in [0, 0.05) is 23.2 Å². The smallest absolute Gasteiger partial charge is 0.344 e. The molecule has 0 bridgehead atoms. The minimum Gasteiger partial charge on any atom is -0.481 e. The number of esters is 1. The average Bonchev–Trinajstić information content (AvgIpc) is 3.12. The number of carbonyl (C=O) groups excluding carboxylic acids is 3. The van der Waals surface area contributed by atoms with E-state index < -0.39 is 5.97 Å². The highest BCUT2D eigenvalue weighted by Crippen LogP contribution is 2.31. The Morgan fingerprint density at radius 1 is 1.12 bits per heavy atom. The zero-order valence-electron chi connectivity index (χ0n) is 18.8. The molecule has 0 spiro atoms. The fraction of sp³-hybridized carbons (Fsp3) is 0.333. The number of nitrogens with zero attached hydrogens (tertiary/aromatic N) is 1. The molecule has 1 aliphatic rings. The van der Waals surface area contributed by atoms with Gasteiger partial charge in [-0.05, 0) is 54.8 Å². The van der Waals surface area contributed by atoms with E-state index in [4.69, 9.17) is 14.9 Å². The van der Waals surface area contributed by atoms with Crippen LogP contribution in [-0.2, 0) is 16.1 Å². The number of rotatable bonds is 10. The number of fused-ring (bicyclic) bond motifs is 1. The van der Waals surface area contributed by atoms with Gasteiger partial charge < -0.3 is 14.4 Å². The van der Waals surface area contributed by atoms with Gasteiger partial charge in [-0.25, -0.2) is 4.79 Å². The Morgan fingerprint density at radius 3 is 2.58 bits per heavy atom. The standard InChI is InChI=1S/C24H26N2O5S2/c1-4-30-22(28)14-31-20-9-7-15(11-21(20)33-5-2)19(27)13-26-12-17-10-16(23(25)32-3)6-8-18(17)24(26)29/h6-11,25H,4-5,12-14H2,1-3H3. The molecule has 1 heterocycles. The zero-order valence-corrected chi connectivity index (χ0v) is 20.4. The molecule has 0 unspecified atom stereocenters. The molecule has 1 aliphatic heterocycles. The number of carbonyl (C=O) groups is 3. The summed E-state index contributed by atoms with van der Waals surface area (Å²) in [4.78, 5) is 39.6. The highest BCUT2D eigenvalue weighted by atomic mass is 32.2. The second kappa shape index (κ2) is 11.4. The van der Waals surface area contributed by atoms with Gasteiger partial charge >= 0.3 is 5.97 Å². The van der Waals surface area contributed by atoms with E-state index in [1.54, 1.807) is 37.3 Å². The average molecular weight is 487 g/mol. The number of benzene rings is 2. The quantitative estimate of drug-likeness (QED) is 0.176. The third-order valence-electron chi connectivity index (χ3n) is 5.00. The number of hydrogen-bond donors (Lipinski definition) is 1. The van der Waals surface area contributed by atoms with Crippen molar-refractivity contribution in [3.8, 4) is 5.75 Å². The normalized spacial score (nSPS) is 12.5. The van der Waals surface area contributed by atoms with Crippen molar-refractivity contribution >= 4 is 46.2 Å². The van der Waals surface area contributed by atoms with Crippen LogP contribution in [-0.4, -0.2) is 59.4 Å². The van der Waals surface area contributed by atoms with Crippen molar-refractivity contribution in [2.24, 2.45) is 0 Å². The molecule has 174 valence electrons. The molecule has 2 aromatic carbocycles. The van der Waals surface area contributed by atoms with Crippen LogP contribution in [0.3, 0.4) is 0 Å². The van der Waals surface area contributed by atoms with Gasteiger partial charge in [-0.15, -0.1) is 23.5 Å². The van der Waals surface area contributed by atoms with Crippen LogP contribution < -0.4 is 4.74 Å². The molecule has 0 saturated carbocycles. The lowest BCUT2D eigenvalue weighted by Gasteiger charge is -2.16. The fourth-order valence-electron chi connectivity index (χ4n) is 3.44. The SMILES string of the molecule is CCOC(=O)COc1ccc(C(=O)CN2Cc3cc(C(=N)SC)ccc3C2=O)cc1SCC. The van der Waals surface area contributed by atoms with Crippen LogP contribution in [0.2, 0.25) is 0 Å². The third-order valence-corrected chi connectivity index (χ3v) is 6.56. The third kappa shape index (κ3) is 5.97. The summed E-state index contributed by atoms with van der Waals surface area (Å²) in [5, 5.41) is 8.42. The fourth-order valence-corrected chi connectivity index (χ4v) is 4.59. The van der Waals surface area contributed by atoms with Crippen LogP contribution in [0.1, 0.15) is 45.7 Å². The van der Waals surface area contributed by atoms with Crippen molar-refractivity contribution in [3.05, 3.63) is 58.7 Å². The van der Waals surface area contributed by atoms with E-state index in [1.807, 2.05) is 19.2 Å². The van der Waals surface area contributed by atoms with E-state index in [1.165, 1.54) is 28.4 Å². The molecule has 0 aliphatic carbocycles. The number of nitrogens with one attached hydrogen (secondary N) is 1. The van der Waals surface area contributed by atoms with E-state index in [9.17, 15) is 14.4 Å². The summed E-state index contributed by atoms with van der Waals surface area (Å²) in [5.74, 6) is 0.468.